The minimum atomic E-state index is -3.94. The van der Waals surface area contributed by atoms with Crippen LogP contribution in [-0.2, 0) is 10.0 Å². The van der Waals surface area contributed by atoms with Crippen molar-refractivity contribution in [3.63, 3.8) is 0 Å². The summed E-state index contributed by atoms with van der Waals surface area (Å²) in [5.74, 6) is 0.0687. The highest BCUT2D eigenvalue weighted by atomic mass is 35.5. The SMILES string of the molecule is COc1ccc(C(=O)Cl)cc1S(N)(=O)=O. The van der Waals surface area contributed by atoms with Crippen LogP contribution in [0.15, 0.2) is 23.1 Å². The molecule has 15 heavy (non-hydrogen) atoms. The molecule has 7 heteroatoms. The lowest BCUT2D eigenvalue weighted by molar-refractivity contribution is 0.108. The van der Waals surface area contributed by atoms with E-state index in [-0.39, 0.29) is 16.2 Å². The molecule has 0 saturated carbocycles. The molecule has 0 bridgehead atoms. The Hall–Kier alpha value is -1.11. The van der Waals surface area contributed by atoms with Gasteiger partial charge in [-0.05, 0) is 29.8 Å². The number of primary sulfonamides is 1. The van der Waals surface area contributed by atoms with Crippen molar-refractivity contribution in [2.24, 2.45) is 5.14 Å². The Balaban J connectivity index is 3.46. The summed E-state index contributed by atoms with van der Waals surface area (Å²) < 4.78 is 27.1. The molecule has 0 aromatic heterocycles. The van der Waals surface area contributed by atoms with Crippen molar-refractivity contribution in [1.82, 2.24) is 0 Å². The Morgan fingerprint density at radius 3 is 2.47 bits per heavy atom. The van der Waals surface area contributed by atoms with Crippen LogP contribution in [0.4, 0.5) is 0 Å². The minimum absolute atomic E-state index is 0.0430. The Morgan fingerprint density at radius 2 is 2.07 bits per heavy atom. The third kappa shape index (κ3) is 2.68. The van der Waals surface area contributed by atoms with E-state index in [1.54, 1.807) is 0 Å². The molecule has 1 aromatic rings. The molecule has 0 aliphatic heterocycles. The quantitative estimate of drug-likeness (QED) is 0.800. The predicted octanol–water partition coefficient (Wildman–Crippen LogP) is 0.722. The number of benzene rings is 1. The van der Waals surface area contributed by atoms with Crippen molar-refractivity contribution >= 4 is 26.9 Å². The zero-order valence-electron chi connectivity index (χ0n) is 7.73. The molecule has 0 spiro atoms. The van der Waals surface area contributed by atoms with E-state index in [0.29, 0.717) is 0 Å². The molecule has 5 nitrogen and oxygen atoms in total. The summed E-state index contributed by atoms with van der Waals surface area (Å²) in [6, 6.07) is 3.74. The molecule has 2 N–H and O–H groups in total. The van der Waals surface area contributed by atoms with E-state index in [9.17, 15) is 13.2 Å². The lowest BCUT2D eigenvalue weighted by Crippen LogP contribution is -2.14. The van der Waals surface area contributed by atoms with Crippen LogP contribution in [0.3, 0.4) is 0 Å². The van der Waals surface area contributed by atoms with Gasteiger partial charge in [-0.25, -0.2) is 13.6 Å². The van der Waals surface area contributed by atoms with Gasteiger partial charge in [0.25, 0.3) is 5.24 Å². The second-order valence-electron chi connectivity index (χ2n) is 2.68. The Labute approximate surface area is 91.8 Å². The summed E-state index contributed by atoms with van der Waals surface area (Å²) >= 11 is 5.21. The van der Waals surface area contributed by atoms with Crippen LogP contribution in [0, 0.1) is 0 Å². The van der Waals surface area contributed by atoms with Crippen molar-refractivity contribution in [3.8, 4) is 5.75 Å². The third-order valence-electron chi connectivity index (χ3n) is 1.70. The van der Waals surface area contributed by atoms with Crippen LogP contribution in [0.5, 0.6) is 5.75 Å². The summed E-state index contributed by atoms with van der Waals surface area (Å²) in [6.45, 7) is 0. The molecule has 1 rings (SSSR count). The number of halogens is 1. The molecule has 0 atom stereocenters. The van der Waals surface area contributed by atoms with Gasteiger partial charge in [0, 0.05) is 5.56 Å². The van der Waals surface area contributed by atoms with Crippen LogP contribution in [0.2, 0.25) is 0 Å². The molecular weight excluding hydrogens is 242 g/mol. The maximum Gasteiger partial charge on any atom is 0.252 e. The van der Waals surface area contributed by atoms with E-state index in [1.165, 1.54) is 19.2 Å². The Morgan fingerprint density at radius 1 is 1.47 bits per heavy atom. The number of hydrogen-bond acceptors (Lipinski definition) is 4. The highest BCUT2D eigenvalue weighted by molar-refractivity contribution is 7.89. The zero-order valence-corrected chi connectivity index (χ0v) is 9.30. The largest absolute Gasteiger partial charge is 0.495 e. The number of sulfonamides is 1. The topological polar surface area (TPSA) is 86.5 Å². The van der Waals surface area contributed by atoms with Gasteiger partial charge in [0.1, 0.15) is 10.6 Å². The molecule has 0 fully saturated rings. The van der Waals surface area contributed by atoms with E-state index in [0.717, 1.165) is 6.07 Å². The minimum Gasteiger partial charge on any atom is -0.495 e. The van der Waals surface area contributed by atoms with Gasteiger partial charge >= 0.3 is 0 Å². The first-order chi connectivity index (χ1) is 6.86. The first-order valence-corrected chi connectivity index (χ1v) is 5.69. The summed E-state index contributed by atoms with van der Waals surface area (Å²) in [5.41, 5.74) is 0.0430. The lowest BCUT2D eigenvalue weighted by atomic mass is 10.2. The molecule has 0 aliphatic rings. The molecule has 0 unspecified atom stereocenters. The number of methoxy groups -OCH3 is 1. The van der Waals surface area contributed by atoms with E-state index in [2.05, 4.69) is 0 Å². The van der Waals surface area contributed by atoms with E-state index in [4.69, 9.17) is 21.5 Å². The van der Waals surface area contributed by atoms with Gasteiger partial charge in [0.2, 0.25) is 10.0 Å². The Kier molecular flexibility index (Phi) is 3.33. The molecule has 82 valence electrons. The van der Waals surface area contributed by atoms with E-state index in [1.807, 2.05) is 0 Å². The maximum absolute atomic E-state index is 11.1. The fraction of sp³-hybridized carbons (Fsp3) is 0.125. The predicted molar refractivity (Wildman–Crippen MR) is 54.6 cm³/mol. The number of rotatable bonds is 3. The van der Waals surface area contributed by atoms with Crippen molar-refractivity contribution in [2.45, 2.75) is 4.90 Å². The highest BCUT2D eigenvalue weighted by Gasteiger charge is 2.17. The van der Waals surface area contributed by atoms with Gasteiger partial charge in [0.15, 0.2) is 0 Å². The summed E-state index contributed by atoms with van der Waals surface area (Å²) in [4.78, 5) is 10.5. The summed E-state index contributed by atoms with van der Waals surface area (Å²) in [6.07, 6.45) is 0. The van der Waals surface area contributed by atoms with Crippen LogP contribution in [-0.4, -0.2) is 20.8 Å². The van der Waals surface area contributed by atoms with Gasteiger partial charge in [-0.1, -0.05) is 0 Å². The lowest BCUT2D eigenvalue weighted by Gasteiger charge is -2.06. The standard InChI is InChI=1S/C8H8ClNO4S/c1-14-6-3-2-5(8(9)11)4-7(6)15(10,12)13/h2-4H,1H3,(H2,10,12,13). The van der Waals surface area contributed by atoms with Crippen molar-refractivity contribution in [1.29, 1.82) is 0 Å². The zero-order chi connectivity index (χ0) is 11.6. The second kappa shape index (κ2) is 4.18. The second-order valence-corrected chi connectivity index (χ2v) is 4.56. The number of nitrogens with two attached hydrogens (primary N) is 1. The number of hydrogen-bond donors (Lipinski definition) is 1. The van der Waals surface area contributed by atoms with Gasteiger partial charge in [-0.3, -0.25) is 4.79 Å². The first-order valence-electron chi connectivity index (χ1n) is 3.77. The molecule has 0 radical (unpaired) electrons. The van der Waals surface area contributed by atoms with E-state index >= 15 is 0 Å². The van der Waals surface area contributed by atoms with Gasteiger partial charge in [0.05, 0.1) is 7.11 Å². The van der Waals surface area contributed by atoms with Gasteiger partial charge < -0.3 is 4.74 Å². The maximum atomic E-state index is 11.1. The van der Waals surface area contributed by atoms with Crippen LogP contribution in [0.1, 0.15) is 10.4 Å². The van der Waals surface area contributed by atoms with E-state index < -0.39 is 15.3 Å². The number of carbonyl (C=O) groups is 1. The molecule has 1 aromatic carbocycles. The van der Waals surface area contributed by atoms with Crippen LogP contribution in [0.25, 0.3) is 0 Å². The normalized spacial score (nSPS) is 11.1. The van der Waals surface area contributed by atoms with Gasteiger partial charge in [-0.2, -0.15) is 0 Å². The molecule has 0 saturated heterocycles. The summed E-state index contributed by atoms with van der Waals surface area (Å²) in [7, 11) is -2.64. The molecule has 0 heterocycles. The highest BCUT2D eigenvalue weighted by Crippen LogP contribution is 2.24. The monoisotopic (exact) mass is 249 g/mol. The van der Waals surface area contributed by atoms with Crippen molar-refractivity contribution < 1.29 is 17.9 Å². The summed E-state index contributed by atoms with van der Waals surface area (Å²) in [5, 5.41) is 4.18. The van der Waals surface area contributed by atoms with Gasteiger partial charge in [-0.15, -0.1) is 0 Å². The van der Waals surface area contributed by atoms with Crippen molar-refractivity contribution in [3.05, 3.63) is 23.8 Å². The van der Waals surface area contributed by atoms with Crippen molar-refractivity contribution in [2.75, 3.05) is 7.11 Å². The molecule has 0 amide bonds. The Bertz CT molecular complexity index is 497. The van der Waals surface area contributed by atoms with Crippen LogP contribution < -0.4 is 9.88 Å². The fourth-order valence-electron chi connectivity index (χ4n) is 1.02. The average Bonchev–Trinajstić information content (AvgIpc) is 2.15. The first kappa shape index (κ1) is 12.0. The smallest absolute Gasteiger partial charge is 0.252 e. The number of ether oxygens (including phenoxy) is 1. The average molecular weight is 250 g/mol. The molecule has 0 aliphatic carbocycles. The fourth-order valence-corrected chi connectivity index (χ4v) is 1.86. The van der Waals surface area contributed by atoms with Crippen LogP contribution >= 0.6 is 11.6 Å². The third-order valence-corrected chi connectivity index (χ3v) is 2.85. The number of carbonyl (C=O) groups excluding carboxylic acids is 1. The molecular formula is C8H8ClNO4S.